The van der Waals surface area contributed by atoms with Crippen LogP contribution in [0.5, 0.6) is 0 Å². The van der Waals surface area contributed by atoms with Gasteiger partial charge in [0.15, 0.2) is 0 Å². The largest absolute Gasteiger partial charge is 0.392 e. The monoisotopic (exact) mass is 274 g/mol. The molecule has 1 atom stereocenters. The predicted octanol–water partition coefficient (Wildman–Crippen LogP) is 1.79. The van der Waals surface area contributed by atoms with Crippen molar-refractivity contribution in [1.82, 2.24) is 4.90 Å². The van der Waals surface area contributed by atoms with Gasteiger partial charge in [-0.05, 0) is 18.6 Å². The summed E-state index contributed by atoms with van der Waals surface area (Å²) >= 11 is 0. The molecular formula is C16H22N2O2. The van der Waals surface area contributed by atoms with Crippen molar-refractivity contribution in [2.45, 2.75) is 26.0 Å². The van der Waals surface area contributed by atoms with Crippen molar-refractivity contribution in [1.29, 1.82) is 0 Å². The number of carbonyl (C=O) groups excluding carboxylic acids is 1. The number of hydrogen-bond donors (Lipinski definition) is 1. The van der Waals surface area contributed by atoms with Crippen LogP contribution in [0, 0.1) is 0 Å². The minimum atomic E-state index is -0.415. The third-order valence-corrected chi connectivity index (χ3v) is 3.48. The van der Waals surface area contributed by atoms with Gasteiger partial charge in [0.05, 0.1) is 6.10 Å². The molecule has 0 spiro atoms. The van der Waals surface area contributed by atoms with E-state index >= 15 is 0 Å². The van der Waals surface area contributed by atoms with Crippen LogP contribution in [0.2, 0.25) is 0 Å². The lowest BCUT2D eigenvalue weighted by Crippen LogP contribution is -2.40. The molecule has 1 aliphatic heterocycles. The van der Waals surface area contributed by atoms with Gasteiger partial charge in [0, 0.05) is 38.3 Å². The van der Waals surface area contributed by atoms with Gasteiger partial charge in [0.1, 0.15) is 0 Å². The van der Waals surface area contributed by atoms with Crippen LogP contribution in [-0.4, -0.2) is 41.7 Å². The van der Waals surface area contributed by atoms with Crippen LogP contribution >= 0.6 is 0 Å². The number of amides is 1. The number of fused-ring (bicyclic) bond motifs is 1. The lowest BCUT2D eigenvalue weighted by atomic mass is 10.1. The third-order valence-electron chi connectivity index (χ3n) is 3.48. The smallest absolute Gasteiger partial charge is 0.224 e. The van der Waals surface area contributed by atoms with E-state index in [1.165, 1.54) is 0 Å². The minimum absolute atomic E-state index is 0.134. The van der Waals surface area contributed by atoms with E-state index < -0.39 is 6.10 Å². The molecule has 1 heterocycles. The van der Waals surface area contributed by atoms with E-state index in [0.717, 1.165) is 11.3 Å². The van der Waals surface area contributed by atoms with Gasteiger partial charge >= 0.3 is 0 Å². The Morgan fingerprint density at radius 1 is 1.40 bits per heavy atom. The average molecular weight is 274 g/mol. The summed E-state index contributed by atoms with van der Waals surface area (Å²) in [4.78, 5) is 16.1. The first-order valence-corrected chi connectivity index (χ1v) is 7.01. The highest BCUT2D eigenvalue weighted by Gasteiger charge is 2.22. The van der Waals surface area contributed by atoms with Crippen molar-refractivity contribution >= 4 is 11.6 Å². The van der Waals surface area contributed by atoms with Crippen LogP contribution in [0.3, 0.4) is 0 Å². The quantitative estimate of drug-likeness (QED) is 0.851. The molecular weight excluding hydrogens is 252 g/mol. The molecule has 0 radical (unpaired) electrons. The van der Waals surface area contributed by atoms with Crippen LogP contribution in [0.15, 0.2) is 36.9 Å². The maximum Gasteiger partial charge on any atom is 0.224 e. The van der Waals surface area contributed by atoms with Gasteiger partial charge in [-0.2, -0.15) is 0 Å². The number of aliphatic hydroxyl groups is 1. The van der Waals surface area contributed by atoms with Crippen molar-refractivity contribution in [3.63, 3.8) is 0 Å². The molecule has 0 fully saturated rings. The van der Waals surface area contributed by atoms with Crippen molar-refractivity contribution in [2.75, 3.05) is 24.5 Å². The lowest BCUT2D eigenvalue weighted by molar-refractivity contribution is -0.131. The highest BCUT2D eigenvalue weighted by atomic mass is 16.3. The van der Waals surface area contributed by atoms with E-state index in [4.69, 9.17) is 0 Å². The topological polar surface area (TPSA) is 43.8 Å². The molecule has 0 saturated carbocycles. The molecule has 1 aromatic rings. The Morgan fingerprint density at radius 3 is 2.85 bits per heavy atom. The number of hydrogen-bond acceptors (Lipinski definition) is 3. The fourth-order valence-electron chi connectivity index (χ4n) is 2.59. The highest BCUT2D eigenvalue weighted by molar-refractivity contribution is 5.78. The van der Waals surface area contributed by atoms with E-state index in [9.17, 15) is 9.90 Å². The number of anilines is 1. The number of para-hydroxylation sites is 1. The second-order valence-electron chi connectivity index (χ2n) is 5.24. The van der Waals surface area contributed by atoms with Crippen LogP contribution in [0.1, 0.15) is 18.9 Å². The Labute approximate surface area is 120 Å². The molecule has 108 valence electrons. The maximum atomic E-state index is 12.2. The summed E-state index contributed by atoms with van der Waals surface area (Å²) < 4.78 is 0. The van der Waals surface area contributed by atoms with Crippen molar-refractivity contribution in [3.05, 3.63) is 42.5 Å². The molecule has 1 N–H and O–H groups in total. The molecule has 1 aromatic carbocycles. The van der Waals surface area contributed by atoms with Gasteiger partial charge in [-0.1, -0.05) is 24.3 Å². The van der Waals surface area contributed by atoms with E-state index in [2.05, 4.69) is 17.5 Å². The number of benzene rings is 1. The number of rotatable bonds is 4. The second kappa shape index (κ2) is 6.57. The third kappa shape index (κ3) is 3.39. The molecule has 0 bridgehead atoms. The Hall–Kier alpha value is -1.81. The molecule has 0 aliphatic carbocycles. The molecule has 2 rings (SSSR count). The number of nitrogens with zero attached hydrogens (tertiary/aromatic N) is 2. The fraction of sp³-hybridized carbons (Fsp3) is 0.438. The van der Waals surface area contributed by atoms with Crippen molar-refractivity contribution in [3.8, 4) is 0 Å². The molecule has 4 heteroatoms. The van der Waals surface area contributed by atoms with E-state index in [1.54, 1.807) is 13.0 Å². The summed E-state index contributed by atoms with van der Waals surface area (Å²) in [7, 11) is 0. The SMILES string of the molecule is C=CCN1Cc2ccccc2N(CC(C)O)CCC1=O. The standard InChI is InChI=1S/C16H22N2O2/c1-3-9-18-12-14-6-4-5-7-15(14)17(11-13(2)19)10-8-16(18)20/h3-7,13,19H,1,8-12H2,2H3. The van der Waals surface area contributed by atoms with Crippen LogP contribution < -0.4 is 4.90 Å². The van der Waals surface area contributed by atoms with Crippen LogP contribution in [0.4, 0.5) is 5.69 Å². The first kappa shape index (κ1) is 14.6. The molecule has 0 saturated heterocycles. The summed E-state index contributed by atoms with van der Waals surface area (Å²) in [6.45, 7) is 7.84. The van der Waals surface area contributed by atoms with Crippen molar-refractivity contribution in [2.24, 2.45) is 0 Å². The van der Waals surface area contributed by atoms with Crippen LogP contribution in [-0.2, 0) is 11.3 Å². The first-order chi connectivity index (χ1) is 9.61. The highest BCUT2D eigenvalue weighted by Crippen LogP contribution is 2.25. The molecule has 4 nitrogen and oxygen atoms in total. The van der Waals surface area contributed by atoms with Gasteiger partial charge in [-0.25, -0.2) is 0 Å². The Balaban J connectivity index is 2.31. The van der Waals surface area contributed by atoms with E-state index in [-0.39, 0.29) is 5.91 Å². The molecule has 1 amide bonds. The molecule has 1 unspecified atom stereocenters. The zero-order valence-electron chi connectivity index (χ0n) is 12.0. The maximum absolute atomic E-state index is 12.2. The zero-order chi connectivity index (χ0) is 14.5. The zero-order valence-corrected chi connectivity index (χ0v) is 12.0. The van der Waals surface area contributed by atoms with Gasteiger partial charge in [0.2, 0.25) is 5.91 Å². The number of carbonyl (C=O) groups is 1. The Kier molecular flexibility index (Phi) is 4.79. The fourth-order valence-corrected chi connectivity index (χ4v) is 2.59. The summed E-state index contributed by atoms with van der Waals surface area (Å²) in [5.74, 6) is 0.134. The average Bonchev–Trinajstić information content (AvgIpc) is 2.41. The summed E-state index contributed by atoms with van der Waals surface area (Å²) in [5.41, 5.74) is 2.22. The Bertz CT molecular complexity index is 485. The van der Waals surface area contributed by atoms with Crippen molar-refractivity contribution < 1.29 is 9.90 Å². The van der Waals surface area contributed by atoms with Gasteiger partial charge in [0.25, 0.3) is 0 Å². The minimum Gasteiger partial charge on any atom is -0.392 e. The lowest BCUT2D eigenvalue weighted by Gasteiger charge is -2.33. The van der Waals surface area contributed by atoms with Gasteiger partial charge in [-0.15, -0.1) is 6.58 Å². The molecule has 20 heavy (non-hydrogen) atoms. The number of β-amino-alcohol motifs (C(OH)–C–C–N with tert-alkyl or cyclic N) is 1. The van der Waals surface area contributed by atoms with E-state index in [0.29, 0.717) is 32.6 Å². The Morgan fingerprint density at radius 2 is 2.15 bits per heavy atom. The summed E-state index contributed by atoms with van der Waals surface area (Å²) in [6.07, 6.45) is 1.81. The second-order valence-corrected chi connectivity index (χ2v) is 5.24. The number of aliphatic hydroxyl groups excluding tert-OH is 1. The van der Waals surface area contributed by atoms with Gasteiger partial charge in [-0.3, -0.25) is 4.79 Å². The van der Waals surface area contributed by atoms with Crippen LogP contribution in [0.25, 0.3) is 0 Å². The molecule has 1 aliphatic rings. The van der Waals surface area contributed by atoms with E-state index in [1.807, 2.05) is 23.1 Å². The normalized spacial score (nSPS) is 17.2. The van der Waals surface area contributed by atoms with Gasteiger partial charge < -0.3 is 14.9 Å². The summed E-state index contributed by atoms with van der Waals surface area (Å²) in [6, 6.07) is 8.07. The first-order valence-electron chi connectivity index (χ1n) is 7.01. The molecule has 0 aromatic heterocycles. The predicted molar refractivity (Wildman–Crippen MR) is 80.6 cm³/mol. The summed E-state index contributed by atoms with van der Waals surface area (Å²) in [5, 5.41) is 9.64.